The van der Waals surface area contributed by atoms with E-state index in [2.05, 4.69) is 135 Å². The molecule has 3 fully saturated rings. The van der Waals surface area contributed by atoms with Crippen LogP contribution in [0.5, 0.6) is 5.75 Å². The van der Waals surface area contributed by atoms with Crippen LogP contribution >= 0.6 is 11.3 Å². The summed E-state index contributed by atoms with van der Waals surface area (Å²) in [6.45, 7) is 14.2. The molecule has 5 aliphatic rings. The number of thiophene rings is 1. The fourth-order valence-corrected chi connectivity index (χ4v) is 12.8. The lowest BCUT2D eigenvalue weighted by molar-refractivity contribution is 0.0448. The molecule has 10 heteroatoms. The molecule has 0 radical (unpaired) electrons. The summed E-state index contributed by atoms with van der Waals surface area (Å²) in [7, 11) is 0. The van der Waals surface area contributed by atoms with Gasteiger partial charge in [-0.3, -0.25) is 14.5 Å². The van der Waals surface area contributed by atoms with Gasteiger partial charge < -0.3 is 14.9 Å². The highest BCUT2D eigenvalue weighted by Gasteiger charge is 2.45. The maximum absolute atomic E-state index is 16.2. The molecule has 0 amide bonds. The van der Waals surface area contributed by atoms with E-state index >= 15 is 4.39 Å². The third kappa shape index (κ3) is 7.46. The zero-order valence-electron chi connectivity index (χ0n) is 37.0. The monoisotopic (exact) mass is 859 g/mol. The molecule has 3 atom stereocenters. The highest BCUT2D eigenvalue weighted by atomic mass is 32.1. The van der Waals surface area contributed by atoms with Gasteiger partial charge in [0, 0.05) is 52.9 Å². The third-order valence-corrected chi connectivity index (χ3v) is 16.3. The summed E-state index contributed by atoms with van der Waals surface area (Å²) in [5.74, 6) is 4.16. The molecule has 11 rings (SSSR count). The van der Waals surface area contributed by atoms with Crippen molar-refractivity contribution in [3.05, 3.63) is 153 Å². The average Bonchev–Trinajstić information content (AvgIpc) is 3.76. The number of phenolic OH excluding ortho intramolecular Hbond substituents is 1. The van der Waals surface area contributed by atoms with Crippen molar-refractivity contribution in [2.45, 2.75) is 83.3 Å². The Kier molecular flexibility index (Phi) is 10.3. The molecule has 1 aliphatic carbocycles. The van der Waals surface area contributed by atoms with Crippen molar-refractivity contribution >= 4 is 28.4 Å². The maximum atomic E-state index is 16.2. The van der Waals surface area contributed by atoms with E-state index in [9.17, 15) is 5.11 Å². The van der Waals surface area contributed by atoms with Crippen molar-refractivity contribution in [3.63, 3.8) is 0 Å². The van der Waals surface area contributed by atoms with Crippen molar-refractivity contribution < 1.29 is 9.50 Å². The molecule has 0 spiro atoms. The van der Waals surface area contributed by atoms with Crippen LogP contribution in [0.4, 0.5) is 15.8 Å². The van der Waals surface area contributed by atoms with Crippen LogP contribution in [0.3, 0.4) is 0 Å². The van der Waals surface area contributed by atoms with Crippen LogP contribution in [0, 0.1) is 32.6 Å². The van der Waals surface area contributed by atoms with Crippen LogP contribution in [-0.4, -0.2) is 82.0 Å². The Bertz CT molecular complexity index is 2650. The number of hydrogen-bond acceptors (Lipinski definition) is 8. The standard InChI is InChI=1S/C53H58FN7OS/c1-33-35(3)63-52-48(33)50(55-34(2)51-57-56-36(4)61(51)52)41-12-17-43(18-13-41)59-28-38(29-59)26-37-22-24-58(25-23-37)30-53(54)31-60(32-53)44-15-10-40(11-16-44)49-46(39-8-6-5-7-9-39)20-14-42-27-45(62)19-21-47(42)49/h5-13,15-19,21,27,34,37-38,46,49,62H,14,20,22-26,28-32H2,1-4H3/t34-,46+,49-/m0/s1. The number of nitrogens with zero attached hydrogens (tertiary/aromatic N) is 7. The topological polar surface area (TPSA) is 73.0 Å². The van der Waals surface area contributed by atoms with Gasteiger partial charge in [0.15, 0.2) is 11.5 Å². The van der Waals surface area contributed by atoms with Gasteiger partial charge >= 0.3 is 0 Å². The smallest absolute Gasteiger partial charge is 0.162 e. The van der Waals surface area contributed by atoms with Gasteiger partial charge in [0.2, 0.25) is 0 Å². The van der Waals surface area contributed by atoms with E-state index in [1.165, 1.54) is 68.2 Å². The molecule has 324 valence electrons. The van der Waals surface area contributed by atoms with E-state index in [0.29, 0.717) is 31.3 Å². The Morgan fingerprint density at radius 2 is 1.51 bits per heavy atom. The minimum Gasteiger partial charge on any atom is -0.508 e. The van der Waals surface area contributed by atoms with Gasteiger partial charge in [0.1, 0.15) is 22.6 Å². The van der Waals surface area contributed by atoms with Gasteiger partial charge in [-0.2, -0.15) is 0 Å². The molecule has 1 N–H and O–H groups in total. The molecule has 3 saturated heterocycles. The highest BCUT2D eigenvalue weighted by molar-refractivity contribution is 7.15. The van der Waals surface area contributed by atoms with Crippen molar-refractivity contribution in [2.75, 3.05) is 55.6 Å². The van der Waals surface area contributed by atoms with Crippen molar-refractivity contribution in [3.8, 4) is 10.8 Å². The highest BCUT2D eigenvalue weighted by Crippen LogP contribution is 2.48. The molecule has 0 saturated carbocycles. The van der Waals surface area contributed by atoms with Crippen LogP contribution in [0.2, 0.25) is 0 Å². The predicted molar refractivity (Wildman–Crippen MR) is 253 cm³/mol. The van der Waals surface area contributed by atoms with Gasteiger partial charge in [0.25, 0.3) is 0 Å². The largest absolute Gasteiger partial charge is 0.508 e. The van der Waals surface area contributed by atoms with Gasteiger partial charge in [-0.15, -0.1) is 21.5 Å². The van der Waals surface area contributed by atoms with E-state index in [4.69, 9.17) is 4.99 Å². The number of anilines is 2. The first-order valence-electron chi connectivity index (χ1n) is 23.2. The molecular weight excluding hydrogens is 802 g/mol. The molecule has 6 heterocycles. The number of aromatic nitrogens is 3. The van der Waals surface area contributed by atoms with E-state index < -0.39 is 5.67 Å². The van der Waals surface area contributed by atoms with Gasteiger partial charge in [-0.1, -0.05) is 60.7 Å². The second kappa shape index (κ2) is 16.0. The van der Waals surface area contributed by atoms with Gasteiger partial charge in [-0.05, 0) is 155 Å². The number of hydrogen-bond donors (Lipinski definition) is 1. The Morgan fingerprint density at radius 3 is 2.25 bits per heavy atom. The van der Waals surface area contributed by atoms with Crippen LogP contribution in [0.25, 0.3) is 5.00 Å². The lowest BCUT2D eigenvalue weighted by Crippen LogP contribution is -2.64. The number of rotatable bonds is 9. The number of halogens is 1. The maximum Gasteiger partial charge on any atom is 0.162 e. The normalized spacial score (nSPS) is 22.4. The minimum absolute atomic E-state index is 0.0844. The Morgan fingerprint density at radius 1 is 0.794 bits per heavy atom. The second-order valence-corrected chi connectivity index (χ2v) is 20.5. The van der Waals surface area contributed by atoms with Crippen molar-refractivity contribution in [2.24, 2.45) is 16.8 Å². The van der Waals surface area contributed by atoms with Crippen molar-refractivity contribution in [1.29, 1.82) is 0 Å². The summed E-state index contributed by atoms with van der Waals surface area (Å²) < 4.78 is 18.4. The zero-order valence-corrected chi connectivity index (χ0v) is 37.8. The second-order valence-electron chi connectivity index (χ2n) is 19.3. The lowest BCUT2D eigenvalue weighted by atomic mass is 9.69. The number of piperidine rings is 1. The van der Waals surface area contributed by atoms with Crippen LogP contribution in [0.1, 0.15) is 106 Å². The quantitative estimate of drug-likeness (QED) is 0.156. The molecule has 0 unspecified atom stereocenters. The van der Waals surface area contributed by atoms with E-state index in [1.54, 1.807) is 11.3 Å². The first-order chi connectivity index (χ1) is 30.6. The summed E-state index contributed by atoms with van der Waals surface area (Å²) in [4.78, 5) is 13.6. The number of alkyl halides is 1. The van der Waals surface area contributed by atoms with E-state index in [1.807, 2.05) is 19.1 Å². The first kappa shape index (κ1) is 40.5. The summed E-state index contributed by atoms with van der Waals surface area (Å²) in [6.07, 6.45) is 5.60. The molecule has 63 heavy (non-hydrogen) atoms. The predicted octanol–water partition coefficient (Wildman–Crippen LogP) is 10.5. The Balaban J connectivity index is 0.658. The molecule has 8 nitrogen and oxygen atoms in total. The summed E-state index contributed by atoms with van der Waals surface area (Å²) in [5, 5.41) is 20.3. The molecule has 4 aromatic carbocycles. The van der Waals surface area contributed by atoms with E-state index in [-0.39, 0.29) is 12.0 Å². The minimum atomic E-state index is -1.16. The summed E-state index contributed by atoms with van der Waals surface area (Å²) >= 11 is 1.80. The van der Waals surface area contributed by atoms with E-state index in [0.717, 1.165) is 79.5 Å². The van der Waals surface area contributed by atoms with Crippen LogP contribution in [-0.2, 0) is 6.42 Å². The Hall–Kier alpha value is -5.32. The summed E-state index contributed by atoms with van der Waals surface area (Å²) in [5.41, 5.74) is 11.1. The number of aryl methyl sites for hydroxylation is 3. The molecule has 4 aliphatic heterocycles. The zero-order chi connectivity index (χ0) is 43.0. The van der Waals surface area contributed by atoms with Gasteiger partial charge in [-0.25, -0.2) is 4.39 Å². The number of phenols is 1. The molecule has 0 bridgehead atoms. The number of likely N-dealkylation sites (tertiary alicyclic amines) is 1. The third-order valence-electron chi connectivity index (χ3n) is 15.1. The van der Waals surface area contributed by atoms with Crippen molar-refractivity contribution in [1.82, 2.24) is 19.7 Å². The molecule has 2 aromatic heterocycles. The average molecular weight is 860 g/mol. The Labute approximate surface area is 375 Å². The number of aliphatic imine (C=N–C) groups is 1. The lowest BCUT2D eigenvalue weighted by Gasteiger charge is -2.49. The fourth-order valence-electron chi connectivity index (χ4n) is 11.6. The van der Waals surface area contributed by atoms with Crippen LogP contribution in [0.15, 0.2) is 102 Å². The first-order valence-corrected chi connectivity index (χ1v) is 24.0. The van der Waals surface area contributed by atoms with Crippen LogP contribution < -0.4 is 9.80 Å². The number of fused-ring (bicyclic) bond motifs is 4. The molecule has 6 aromatic rings. The van der Waals surface area contributed by atoms with Gasteiger partial charge in [0.05, 0.1) is 18.8 Å². The SMILES string of the molecule is Cc1sc2c(c1C)C(c1ccc(N3CC(CC4CCN(CC5(F)CN(c6ccc([C@@H]7c8ccc(O)cc8CC[C@@H]7c7ccccc7)cc6)C5)CC4)C3)cc1)=N[C@@H](C)c1nnc(C)n1-2. The fraction of sp³-hybridized carbons (Fsp3) is 0.415. The number of aromatic hydroxyl groups is 1. The molecular formula is C53H58FN7OS. The number of benzene rings is 4. The summed E-state index contributed by atoms with van der Waals surface area (Å²) in [6, 6.07) is 34.6.